The number of rotatable bonds is 6. The number of nitrogens with zero attached hydrogens (tertiary/aromatic N) is 2. The number of piperidine rings is 1. The third-order valence-corrected chi connectivity index (χ3v) is 6.29. The summed E-state index contributed by atoms with van der Waals surface area (Å²) >= 11 is 0. The van der Waals surface area contributed by atoms with Crippen LogP contribution in [0.25, 0.3) is 0 Å². The summed E-state index contributed by atoms with van der Waals surface area (Å²) in [6.45, 7) is 3.64. The zero-order valence-corrected chi connectivity index (χ0v) is 18.6. The highest BCUT2D eigenvalue weighted by Gasteiger charge is 2.30. The molecule has 2 aliphatic rings. The first-order valence-electron chi connectivity index (χ1n) is 11.3. The Morgan fingerprint density at radius 1 is 1.13 bits per heavy atom. The van der Waals surface area contributed by atoms with Crippen LogP contribution < -0.4 is 20.3 Å². The second-order valence-corrected chi connectivity index (χ2v) is 8.31. The lowest BCUT2D eigenvalue weighted by atomic mass is 9.95. The fraction of sp³-hybridized carbons (Fsp3) is 0.480. The van der Waals surface area contributed by atoms with E-state index >= 15 is 0 Å². The van der Waals surface area contributed by atoms with Crippen molar-refractivity contribution < 1.29 is 9.47 Å². The number of ether oxygens (including phenoxy) is 2. The number of benzene rings is 2. The molecule has 0 amide bonds. The molecule has 2 aromatic carbocycles. The predicted molar refractivity (Wildman–Crippen MR) is 126 cm³/mol. The normalized spacial score (nSPS) is 24.1. The summed E-state index contributed by atoms with van der Waals surface area (Å²) in [5.41, 5.74) is 2.42. The van der Waals surface area contributed by atoms with Gasteiger partial charge in [-0.15, -0.1) is 0 Å². The van der Waals surface area contributed by atoms with Crippen LogP contribution in [0.4, 0.5) is 5.69 Å². The molecule has 0 bridgehead atoms. The van der Waals surface area contributed by atoms with Crippen LogP contribution >= 0.6 is 0 Å². The average Bonchev–Trinajstić information content (AvgIpc) is 3.31. The van der Waals surface area contributed by atoms with Gasteiger partial charge in [-0.25, -0.2) is 0 Å². The van der Waals surface area contributed by atoms with Crippen molar-refractivity contribution >= 4 is 11.6 Å². The van der Waals surface area contributed by atoms with Gasteiger partial charge in [0, 0.05) is 45.2 Å². The van der Waals surface area contributed by atoms with Gasteiger partial charge in [-0.3, -0.25) is 4.99 Å². The molecule has 2 saturated heterocycles. The molecule has 166 valence electrons. The Labute approximate surface area is 185 Å². The van der Waals surface area contributed by atoms with E-state index in [0.717, 1.165) is 62.9 Å². The molecule has 4 rings (SSSR count). The van der Waals surface area contributed by atoms with E-state index in [4.69, 9.17) is 9.47 Å². The number of aliphatic imine (C=N–C) groups is 1. The van der Waals surface area contributed by atoms with Crippen LogP contribution in [-0.2, 0) is 4.74 Å². The highest BCUT2D eigenvalue weighted by atomic mass is 16.5. The van der Waals surface area contributed by atoms with Gasteiger partial charge in [0.05, 0.1) is 18.9 Å². The smallest absolute Gasteiger partial charge is 0.191 e. The minimum absolute atomic E-state index is 0.155. The maximum Gasteiger partial charge on any atom is 0.191 e. The number of nitrogens with one attached hydrogen (secondary N) is 2. The molecular weight excluding hydrogens is 388 g/mol. The lowest BCUT2D eigenvalue weighted by Gasteiger charge is -2.36. The molecule has 2 aromatic rings. The lowest BCUT2D eigenvalue weighted by molar-refractivity contribution is 0.0915. The zero-order valence-electron chi connectivity index (χ0n) is 18.6. The molecule has 0 spiro atoms. The Kier molecular flexibility index (Phi) is 7.30. The Morgan fingerprint density at radius 2 is 1.94 bits per heavy atom. The van der Waals surface area contributed by atoms with E-state index in [1.165, 1.54) is 5.56 Å². The van der Waals surface area contributed by atoms with Crippen LogP contribution in [0.2, 0.25) is 0 Å². The topological polar surface area (TPSA) is 58.1 Å². The van der Waals surface area contributed by atoms with Crippen molar-refractivity contribution in [2.45, 2.75) is 31.4 Å². The van der Waals surface area contributed by atoms with Crippen molar-refractivity contribution in [1.82, 2.24) is 10.6 Å². The van der Waals surface area contributed by atoms with Gasteiger partial charge in [0.25, 0.3) is 0 Å². The number of guanidine groups is 1. The first-order chi connectivity index (χ1) is 15.3. The lowest BCUT2D eigenvalue weighted by Crippen LogP contribution is -2.52. The Hall–Kier alpha value is -2.73. The first-order valence-corrected chi connectivity index (χ1v) is 11.3. The number of methoxy groups -OCH3 is 1. The maximum atomic E-state index is 6.03. The van der Waals surface area contributed by atoms with Gasteiger partial charge in [-0.2, -0.15) is 0 Å². The molecule has 2 heterocycles. The van der Waals surface area contributed by atoms with E-state index in [9.17, 15) is 0 Å². The number of hydrogen-bond donors (Lipinski definition) is 2. The molecule has 2 fully saturated rings. The SMILES string of the molecule is CN=C(NCC1CCOC1c1ccccc1)NC1CCCN(c2ccccc2OC)C1. The summed E-state index contributed by atoms with van der Waals surface area (Å²) in [6, 6.07) is 19.1. The standard InChI is InChI=1S/C25H34N4O2/c1-26-25(27-17-20-14-16-31-24(20)19-9-4-3-5-10-19)28-21-11-8-15-29(18-21)22-12-6-7-13-23(22)30-2/h3-7,9-10,12-13,20-21,24H,8,11,14-18H2,1-2H3,(H2,26,27,28). The molecule has 3 unspecified atom stereocenters. The molecule has 0 saturated carbocycles. The molecular formula is C25H34N4O2. The Bertz CT molecular complexity index is 858. The number of hydrogen-bond acceptors (Lipinski definition) is 4. The summed E-state index contributed by atoms with van der Waals surface area (Å²) in [5, 5.41) is 7.19. The molecule has 2 N–H and O–H groups in total. The quantitative estimate of drug-likeness (QED) is 0.550. The van der Waals surface area contributed by atoms with Crippen LogP contribution in [-0.4, -0.2) is 52.4 Å². The predicted octanol–water partition coefficient (Wildman–Crippen LogP) is 3.61. The molecule has 3 atom stereocenters. The van der Waals surface area contributed by atoms with Crippen molar-refractivity contribution in [2.75, 3.05) is 45.3 Å². The van der Waals surface area contributed by atoms with Gasteiger partial charge in [-0.05, 0) is 37.0 Å². The summed E-state index contributed by atoms with van der Waals surface area (Å²) < 4.78 is 11.6. The van der Waals surface area contributed by atoms with Crippen LogP contribution in [0, 0.1) is 5.92 Å². The fourth-order valence-corrected chi connectivity index (χ4v) is 4.67. The minimum Gasteiger partial charge on any atom is -0.495 e. The van der Waals surface area contributed by atoms with Crippen LogP contribution in [0.1, 0.15) is 30.9 Å². The Balaban J connectivity index is 1.33. The van der Waals surface area contributed by atoms with Gasteiger partial charge in [0.1, 0.15) is 5.75 Å². The summed E-state index contributed by atoms with van der Waals surface area (Å²) in [5.74, 6) is 2.24. The second-order valence-electron chi connectivity index (χ2n) is 8.31. The second kappa shape index (κ2) is 10.5. The van der Waals surface area contributed by atoms with Gasteiger partial charge in [0.15, 0.2) is 5.96 Å². The number of para-hydroxylation sites is 2. The molecule has 2 aliphatic heterocycles. The Morgan fingerprint density at radius 3 is 2.74 bits per heavy atom. The van der Waals surface area contributed by atoms with Crippen LogP contribution in [0.15, 0.2) is 59.6 Å². The van der Waals surface area contributed by atoms with Crippen molar-refractivity contribution in [2.24, 2.45) is 10.9 Å². The molecule has 0 aliphatic carbocycles. The van der Waals surface area contributed by atoms with Crippen molar-refractivity contribution in [3.05, 3.63) is 60.2 Å². The van der Waals surface area contributed by atoms with E-state index in [2.05, 4.69) is 63.0 Å². The third-order valence-electron chi connectivity index (χ3n) is 6.29. The number of anilines is 1. The van der Waals surface area contributed by atoms with Crippen LogP contribution in [0.3, 0.4) is 0 Å². The van der Waals surface area contributed by atoms with Crippen LogP contribution in [0.5, 0.6) is 5.75 Å². The zero-order chi connectivity index (χ0) is 21.5. The van der Waals surface area contributed by atoms with E-state index in [1.807, 2.05) is 19.2 Å². The third kappa shape index (κ3) is 5.31. The summed E-state index contributed by atoms with van der Waals surface area (Å²) in [4.78, 5) is 6.89. The molecule has 0 aromatic heterocycles. The largest absolute Gasteiger partial charge is 0.495 e. The van der Waals surface area contributed by atoms with Crippen molar-refractivity contribution in [1.29, 1.82) is 0 Å². The molecule has 6 nitrogen and oxygen atoms in total. The molecule has 6 heteroatoms. The van der Waals surface area contributed by atoms with E-state index < -0.39 is 0 Å². The highest BCUT2D eigenvalue weighted by molar-refractivity contribution is 5.80. The molecule has 31 heavy (non-hydrogen) atoms. The van der Waals surface area contributed by atoms with Gasteiger partial charge in [-0.1, -0.05) is 42.5 Å². The van der Waals surface area contributed by atoms with Gasteiger partial charge < -0.3 is 25.0 Å². The monoisotopic (exact) mass is 422 g/mol. The van der Waals surface area contributed by atoms with Crippen molar-refractivity contribution in [3.8, 4) is 5.75 Å². The first kappa shape index (κ1) is 21.5. The minimum atomic E-state index is 0.155. The molecule has 0 radical (unpaired) electrons. The average molecular weight is 423 g/mol. The van der Waals surface area contributed by atoms with E-state index in [-0.39, 0.29) is 6.10 Å². The van der Waals surface area contributed by atoms with Gasteiger partial charge >= 0.3 is 0 Å². The van der Waals surface area contributed by atoms with Gasteiger partial charge in [0.2, 0.25) is 0 Å². The van der Waals surface area contributed by atoms with Crippen molar-refractivity contribution in [3.63, 3.8) is 0 Å². The maximum absolute atomic E-state index is 6.03. The van der Waals surface area contributed by atoms with E-state index in [1.54, 1.807) is 7.11 Å². The summed E-state index contributed by atoms with van der Waals surface area (Å²) in [7, 11) is 3.58. The summed E-state index contributed by atoms with van der Waals surface area (Å²) in [6.07, 6.45) is 3.49. The highest BCUT2D eigenvalue weighted by Crippen LogP contribution is 2.34. The van der Waals surface area contributed by atoms with E-state index in [0.29, 0.717) is 12.0 Å². The fourth-order valence-electron chi connectivity index (χ4n) is 4.67.